The highest BCUT2D eigenvalue weighted by Gasteiger charge is 2.38. The summed E-state index contributed by atoms with van der Waals surface area (Å²) in [6, 6.07) is 0. The smallest absolute Gasteiger partial charge is 0.355 e. The molecule has 84 valence electrons. The minimum absolute atomic E-state index is 0.0518. The lowest BCUT2D eigenvalue weighted by atomic mass is 9.95. The van der Waals surface area contributed by atoms with Crippen LogP contribution in [0.3, 0.4) is 0 Å². The third-order valence-electron chi connectivity index (χ3n) is 2.09. The van der Waals surface area contributed by atoms with E-state index in [9.17, 15) is 9.59 Å². The maximum Gasteiger partial charge on any atom is 0.355 e. The van der Waals surface area contributed by atoms with Gasteiger partial charge in [-0.05, 0) is 5.41 Å². The molecule has 0 aromatic heterocycles. The zero-order valence-electron chi connectivity index (χ0n) is 9.31. The zero-order chi connectivity index (χ0) is 11.6. The first-order valence-corrected chi connectivity index (χ1v) is 5.53. The number of carbonyl (C=O) groups is 2. The van der Waals surface area contributed by atoms with Crippen LogP contribution in [0.5, 0.6) is 0 Å². The van der Waals surface area contributed by atoms with E-state index in [-0.39, 0.29) is 10.8 Å². The number of esters is 1. The summed E-state index contributed by atoms with van der Waals surface area (Å²) in [5, 5.41) is 1.62. The highest BCUT2D eigenvalue weighted by molar-refractivity contribution is 8.03. The van der Waals surface area contributed by atoms with Crippen molar-refractivity contribution in [1.29, 1.82) is 0 Å². The lowest BCUT2D eigenvalue weighted by molar-refractivity contribution is -0.140. The average molecular weight is 229 g/mol. The Bertz CT molecular complexity index is 306. The Balaban J connectivity index is 2.89. The van der Waals surface area contributed by atoms with Gasteiger partial charge in [0.2, 0.25) is 6.41 Å². The molecule has 0 bridgehead atoms. The molecule has 1 amide bonds. The number of hydrogen-bond acceptors (Lipinski definition) is 4. The Morgan fingerprint density at radius 3 is 2.60 bits per heavy atom. The summed E-state index contributed by atoms with van der Waals surface area (Å²) in [6.45, 7) is 6.07. The molecular formula is C10H15NO3S. The van der Waals surface area contributed by atoms with E-state index in [0.717, 1.165) is 0 Å². The van der Waals surface area contributed by atoms with Gasteiger partial charge in [0.1, 0.15) is 5.70 Å². The molecule has 5 heteroatoms. The second-order valence-electron chi connectivity index (χ2n) is 4.36. The topological polar surface area (TPSA) is 46.6 Å². The van der Waals surface area contributed by atoms with Gasteiger partial charge >= 0.3 is 5.97 Å². The van der Waals surface area contributed by atoms with E-state index in [0.29, 0.717) is 12.1 Å². The van der Waals surface area contributed by atoms with Crippen LogP contribution in [0.4, 0.5) is 0 Å². The summed E-state index contributed by atoms with van der Waals surface area (Å²) >= 11 is 1.47. The molecule has 0 saturated heterocycles. The number of rotatable bonds is 2. The second kappa shape index (κ2) is 4.26. The van der Waals surface area contributed by atoms with Gasteiger partial charge < -0.3 is 4.74 Å². The van der Waals surface area contributed by atoms with Crippen molar-refractivity contribution < 1.29 is 14.3 Å². The monoisotopic (exact) mass is 229 g/mol. The third-order valence-corrected chi connectivity index (χ3v) is 3.64. The van der Waals surface area contributed by atoms with Crippen molar-refractivity contribution in [3.63, 3.8) is 0 Å². The fraction of sp³-hybridized carbons (Fsp3) is 0.600. The standard InChI is InChI=1S/C10H15NO3S/c1-10(2,3)9-11(6-12)7(5-15-9)8(13)14-4/h5-6,9H,1-4H3. The number of amides is 1. The molecule has 0 aliphatic carbocycles. The predicted octanol–water partition coefficient (Wildman–Crippen LogP) is 1.58. The fourth-order valence-corrected chi connectivity index (χ4v) is 2.55. The Morgan fingerprint density at radius 1 is 1.60 bits per heavy atom. The molecule has 1 heterocycles. The summed E-state index contributed by atoms with van der Waals surface area (Å²) in [7, 11) is 1.31. The molecule has 1 atom stereocenters. The number of carbonyl (C=O) groups excluding carboxylic acids is 2. The van der Waals surface area contributed by atoms with Crippen LogP contribution in [-0.2, 0) is 14.3 Å². The van der Waals surface area contributed by atoms with Gasteiger partial charge in [0.25, 0.3) is 0 Å². The van der Waals surface area contributed by atoms with Crippen molar-refractivity contribution >= 4 is 24.1 Å². The normalized spacial score (nSPS) is 21.2. The van der Waals surface area contributed by atoms with Crippen LogP contribution in [0, 0.1) is 5.41 Å². The van der Waals surface area contributed by atoms with Crippen LogP contribution in [-0.4, -0.2) is 29.8 Å². The van der Waals surface area contributed by atoms with Crippen molar-refractivity contribution in [3.05, 3.63) is 11.1 Å². The first-order chi connectivity index (χ1) is 6.91. The van der Waals surface area contributed by atoms with E-state index in [1.165, 1.54) is 23.8 Å². The molecule has 0 N–H and O–H groups in total. The maximum absolute atomic E-state index is 11.4. The van der Waals surface area contributed by atoms with Gasteiger partial charge in [-0.1, -0.05) is 20.8 Å². The largest absolute Gasteiger partial charge is 0.464 e. The van der Waals surface area contributed by atoms with Crippen LogP contribution in [0.15, 0.2) is 11.1 Å². The zero-order valence-corrected chi connectivity index (χ0v) is 10.1. The molecule has 0 aromatic carbocycles. The summed E-state index contributed by atoms with van der Waals surface area (Å²) in [5.74, 6) is -0.471. The number of methoxy groups -OCH3 is 1. The van der Waals surface area contributed by atoms with Crippen molar-refractivity contribution in [2.75, 3.05) is 7.11 Å². The Hall–Kier alpha value is -0.970. The molecule has 0 aromatic rings. The molecular weight excluding hydrogens is 214 g/mol. The minimum Gasteiger partial charge on any atom is -0.464 e. The van der Waals surface area contributed by atoms with Crippen LogP contribution in [0.2, 0.25) is 0 Å². The summed E-state index contributed by atoms with van der Waals surface area (Å²) in [4.78, 5) is 23.7. The lowest BCUT2D eigenvalue weighted by Gasteiger charge is -2.32. The molecule has 1 aliphatic heterocycles. The number of ether oxygens (including phenoxy) is 1. The summed E-state index contributed by atoms with van der Waals surface area (Å²) < 4.78 is 4.61. The molecule has 0 saturated carbocycles. The van der Waals surface area contributed by atoms with E-state index in [4.69, 9.17) is 0 Å². The van der Waals surface area contributed by atoms with Crippen LogP contribution in [0.25, 0.3) is 0 Å². The van der Waals surface area contributed by atoms with Crippen molar-refractivity contribution in [2.45, 2.75) is 26.1 Å². The number of thioether (sulfide) groups is 1. The highest BCUT2D eigenvalue weighted by Crippen LogP contribution is 2.40. The van der Waals surface area contributed by atoms with Crippen molar-refractivity contribution in [3.8, 4) is 0 Å². The Labute approximate surface area is 93.6 Å². The van der Waals surface area contributed by atoms with Crippen molar-refractivity contribution in [1.82, 2.24) is 4.90 Å². The fourth-order valence-electron chi connectivity index (χ4n) is 1.37. The van der Waals surface area contributed by atoms with Gasteiger partial charge in [-0.2, -0.15) is 0 Å². The lowest BCUT2D eigenvalue weighted by Crippen LogP contribution is -2.39. The first-order valence-electron chi connectivity index (χ1n) is 4.59. The maximum atomic E-state index is 11.4. The number of hydrogen-bond donors (Lipinski definition) is 0. The molecule has 0 radical (unpaired) electrons. The highest BCUT2D eigenvalue weighted by atomic mass is 32.2. The first kappa shape index (κ1) is 12.1. The molecule has 1 aliphatic rings. The van der Waals surface area contributed by atoms with Crippen LogP contribution >= 0.6 is 11.8 Å². The van der Waals surface area contributed by atoms with Crippen LogP contribution in [0.1, 0.15) is 20.8 Å². The minimum atomic E-state index is -0.471. The summed E-state index contributed by atoms with van der Waals surface area (Å²) in [6.07, 6.45) is 0.679. The SMILES string of the molecule is COC(=O)C1=CSC(C(C)(C)C)N1C=O. The molecule has 0 spiro atoms. The van der Waals surface area contributed by atoms with Crippen molar-refractivity contribution in [2.24, 2.45) is 5.41 Å². The number of nitrogens with zero attached hydrogens (tertiary/aromatic N) is 1. The van der Waals surface area contributed by atoms with Gasteiger partial charge in [-0.25, -0.2) is 4.79 Å². The van der Waals surface area contributed by atoms with Gasteiger partial charge in [-0.15, -0.1) is 11.8 Å². The van der Waals surface area contributed by atoms with Gasteiger partial charge in [0, 0.05) is 5.41 Å². The van der Waals surface area contributed by atoms with Gasteiger partial charge in [0.15, 0.2) is 0 Å². The molecule has 0 fully saturated rings. The van der Waals surface area contributed by atoms with Crippen LogP contribution < -0.4 is 0 Å². The summed E-state index contributed by atoms with van der Waals surface area (Å²) in [5.41, 5.74) is 0.232. The Morgan fingerprint density at radius 2 is 2.20 bits per heavy atom. The quantitative estimate of drug-likeness (QED) is 0.533. The second-order valence-corrected chi connectivity index (χ2v) is 5.32. The van der Waals surface area contributed by atoms with E-state index < -0.39 is 5.97 Å². The Kier molecular flexibility index (Phi) is 3.44. The van der Waals surface area contributed by atoms with E-state index in [1.807, 2.05) is 20.8 Å². The van der Waals surface area contributed by atoms with Gasteiger partial charge in [-0.3, -0.25) is 9.69 Å². The van der Waals surface area contributed by atoms with Gasteiger partial charge in [0.05, 0.1) is 12.5 Å². The predicted molar refractivity (Wildman–Crippen MR) is 58.8 cm³/mol. The average Bonchev–Trinajstić information content (AvgIpc) is 2.59. The molecule has 4 nitrogen and oxygen atoms in total. The molecule has 15 heavy (non-hydrogen) atoms. The van der Waals surface area contributed by atoms with E-state index >= 15 is 0 Å². The molecule has 1 rings (SSSR count). The molecule has 1 unspecified atom stereocenters. The van der Waals surface area contributed by atoms with E-state index in [2.05, 4.69) is 4.74 Å². The van der Waals surface area contributed by atoms with E-state index in [1.54, 1.807) is 5.41 Å². The third kappa shape index (κ3) is 2.34.